The van der Waals surface area contributed by atoms with E-state index in [0.717, 1.165) is 6.42 Å². The maximum Gasteiger partial charge on any atom is 0.256 e. The van der Waals surface area contributed by atoms with Crippen molar-refractivity contribution in [1.29, 1.82) is 0 Å². The Bertz CT molecular complexity index is 492. The summed E-state index contributed by atoms with van der Waals surface area (Å²) in [5, 5.41) is 2.75. The summed E-state index contributed by atoms with van der Waals surface area (Å²) in [4.78, 5) is 15.9. The molecule has 0 radical (unpaired) electrons. The van der Waals surface area contributed by atoms with Gasteiger partial charge in [0.2, 0.25) is 0 Å². The summed E-state index contributed by atoms with van der Waals surface area (Å²) in [6.07, 6.45) is 2.62. The lowest BCUT2D eigenvalue weighted by Crippen LogP contribution is -2.12. The van der Waals surface area contributed by atoms with Gasteiger partial charge in [0.1, 0.15) is 5.82 Å². The second-order valence-corrected chi connectivity index (χ2v) is 3.72. The highest BCUT2D eigenvalue weighted by atomic mass is 16.1. The molecule has 0 bridgehead atoms. The fourth-order valence-corrected chi connectivity index (χ4v) is 1.52. The number of nitrogens with one attached hydrogen (secondary N) is 1. The number of hydrogen-bond acceptors (Lipinski definition) is 2. The monoisotopic (exact) mass is 256 g/mol. The number of benzene rings is 1. The number of carbonyl (C=O) groups excluding carboxylic acids is 1. The molecule has 3 nitrogen and oxygen atoms in total. The van der Waals surface area contributed by atoms with Gasteiger partial charge in [0.15, 0.2) is 0 Å². The molecule has 1 heterocycles. The van der Waals surface area contributed by atoms with E-state index >= 15 is 0 Å². The van der Waals surface area contributed by atoms with Crippen LogP contribution in [0.15, 0.2) is 48.7 Å². The predicted molar refractivity (Wildman–Crippen MR) is 79.4 cm³/mol. The Morgan fingerprint density at radius 2 is 1.79 bits per heavy atom. The topological polar surface area (TPSA) is 42.0 Å². The largest absolute Gasteiger partial charge is 0.307 e. The molecule has 0 saturated heterocycles. The molecule has 19 heavy (non-hydrogen) atoms. The molecule has 0 unspecified atom stereocenters. The lowest BCUT2D eigenvalue weighted by Gasteiger charge is -2.04. The van der Waals surface area contributed by atoms with Gasteiger partial charge in [-0.05, 0) is 36.2 Å². The average Bonchev–Trinajstić information content (AvgIpc) is 2.50. The fraction of sp³-hybridized carbons (Fsp3) is 0.250. The van der Waals surface area contributed by atoms with Gasteiger partial charge in [-0.1, -0.05) is 39.0 Å². The quantitative estimate of drug-likeness (QED) is 0.904. The van der Waals surface area contributed by atoms with Crippen molar-refractivity contribution in [2.75, 3.05) is 5.32 Å². The molecule has 0 aliphatic heterocycles. The molecule has 0 saturated carbocycles. The molecule has 1 aromatic heterocycles. The first-order valence-electron chi connectivity index (χ1n) is 6.61. The summed E-state index contributed by atoms with van der Waals surface area (Å²) in [6.45, 7) is 6.09. The Hall–Kier alpha value is -2.16. The van der Waals surface area contributed by atoms with Gasteiger partial charge in [0.05, 0.1) is 0 Å². The van der Waals surface area contributed by atoms with Gasteiger partial charge in [0, 0.05) is 11.8 Å². The highest BCUT2D eigenvalue weighted by Crippen LogP contribution is 2.08. The molecule has 0 fully saturated rings. The van der Waals surface area contributed by atoms with Crippen LogP contribution in [0.3, 0.4) is 0 Å². The van der Waals surface area contributed by atoms with E-state index in [4.69, 9.17) is 0 Å². The van der Waals surface area contributed by atoms with E-state index < -0.39 is 0 Å². The first kappa shape index (κ1) is 14.9. The number of carbonyl (C=O) groups is 1. The highest BCUT2D eigenvalue weighted by molar-refractivity contribution is 6.03. The lowest BCUT2D eigenvalue weighted by molar-refractivity contribution is 0.102. The van der Waals surface area contributed by atoms with Crippen molar-refractivity contribution in [2.24, 2.45) is 0 Å². The average molecular weight is 256 g/mol. The van der Waals surface area contributed by atoms with Crippen LogP contribution in [0.1, 0.15) is 36.7 Å². The van der Waals surface area contributed by atoms with E-state index in [1.54, 1.807) is 12.3 Å². The zero-order valence-electron chi connectivity index (χ0n) is 11.7. The number of rotatable bonds is 3. The van der Waals surface area contributed by atoms with Gasteiger partial charge in [-0.2, -0.15) is 0 Å². The van der Waals surface area contributed by atoms with Crippen LogP contribution < -0.4 is 5.32 Å². The first-order valence-corrected chi connectivity index (χ1v) is 6.61. The van der Waals surface area contributed by atoms with E-state index in [-0.39, 0.29) is 5.91 Å². The summed E-state index contributed by atoms with van der Waals surface area (Å²) in [6, 6.07) is 13.0. The Balaban J connectivity index is 0.000000861. The van der Waals surface area contributed by atoms with Crippen molar-refractivity contribution in [2.45, 2.75) is 27.2 Å². The summed E-state index contributed by atoms with van der Waals surface area (Å²) in [5.74, 6) is 0.434. The van der Waals surface area contributed by atoms with Crippen molar-refractivity contribution in [1.82, 2.24) is 4.98 Å². The third kappa shape index (κ3) is 4.54. The van der Waals surface area contributed by atoms with Crippen molar-refractivity contribution < 1.29 is 4.79 Å². The molecule has 3 heteroatoms. The Morgan fingerprint density at radius 1 is 1.11 bits per heavy atom. The van der Waals surface area contributed by atoms with E-state index in [0.29, 0.717) is 11.4 Å². The van der Waals surface area contributed by atoms with Crippen molar-refractivity contribution in [3.8, 4) is 0 Å². The van der Waals surface area contributed by atoms with Gasteiger partial charge in [-0.25, -0.2) is 4.98 Å². The molecule has 1 aromatic carbocycles. The normalized spacial score (nSPS) is 9.21. The van der Waals surface area contributed by atoms with Gasteiger partial charge < -0.3 is 5.32 Å². The molecule has 0 atom stereocenters. The fourth-order valence-electron chi connectivity index (χ4n) is 1.52. The number of pyridine rings is 1. The highest BCUT2D eigenvalue weighted by Gasteiger charge is 2.05. The maximum atomic E-state index is 11.9. The zero-order chi connectivity index (χ0) is 14.1. The molecule has 1 N–H and O–H groups in total. The summed E-state index contributed by atoms with van der Waals surface area (Å²) < 4.78 is 0. The molecule has 100 valence electrons. The second kappa shape index (κ2) is 8.03. The van der Waals surface area contributed by atoms with Gasteiger partial charge in [-0.3, -0.25) is 4.79 Å². The second-order valence-electron chi connectivity index (χ2n) is 3.72. The predicted octanol–water partition coefficient (Wildman–Crippen LogP) is 3.92. The Labute approximate surface area is 114 Å². The van der Waals surface area contributed by atoms with Gasteiger partial charge in [0.25, 0.3) is 5.91 Å². The van der Waals surface area contributed by atoms with Crippen molar-refractivity contribution in [3.05, 3.63) is 59.8 Å². The third-order valence-electron chi connectivity index (χ3n) is 2.53. The van der Waals surface area contributed by atoms with Crippen LogP contribution in [0, 0.1) is 0 Å². The van der Waals surface area contributed by atoms with Crippen molar-refractivity contribution >= 4 is 11.7 Å². The minimum atomic E-state index is -0.133. The minimum absolute atomic E-state index is 0.133. The summed E-state index contributed by atoms with van der Waals surface area (Å²) in [7, 11) is 0. The molecule has 1 amide bonds. The van der Waals surface area contributed by atoms with Crippen LogP contribution in [-0.2, 0) is 6.42 Å². The van der Waals surface area contributed by atoms with Crippen LogP contribution in [0.4, 0.5) is 5.82 Å². The van der Waals surface area contributed by atoms with E-state index in [1.807, 2.05) is 50.2 Å². The SMILES string of the molecule is CC.CCc1ccc(C(=O)Nc2ccccn2)cc1. The van der Waals surface area contributed by atoms with Gasteiger partial charge in [-0.15, -0.1) is 0 Å². The maximum absolute atomic E-state index is 11.9. The summed E-state index contributed by atoms with van der Waals surface area (Å²) in [5.41, 5.74) is 1.87. The molecule has 2 rings (SSSR count). The lowest BCUT2D eigenvalue weighted by atomic mass is 10.1. The smallest absolute Gasteiger partial charge is 0.256 e. The number of amides is 1. The molecule has 0 spiro atoms. The summed E-state index contributed by atoms with van der Waals surface area (Å²) >= 11 is 0. The van der Waals surface area contributed by atoms with Crippen molar-refractivity contribution in [3.63, 3.8) is 0 Å². The molecular formula is C16H20N2O. The number of anilines is 1. The number of nitrogens with zero attached hydrogens (tertiary/aromatic N) is 1. The third-order valence-corrected chi connectivity index (χ3v) is 2.53. The van der Waals surface area contributed by atoms with E-state index in [1.165, 1.54) is 5.56 Å². The van der Waals surface area contributed by atoms with Crippen LogP contribution >= 0.6 is 0 Å². The molecule has 0 aliphatic rings. The van der Waals surface area contributed by atoms with E-state index in [9.17, 15) is 4.79 Å². The Morgan fingerprint density at radius 3 is 2.32 bits per heavy atom. The first-order chi connectivity index (χ1) is 9.29. The molecular weight excluding hydrogens is 236 g/mol. The van der Waals surface area contributed by atoms with E-state index in [2.05, 4.69) is 17.2 Å². The van der Waals surface area contributed by atoms with Crippen LogP contribution in [0.25, 0.3) is 0 Å². The van der Waals surface area contributed by atoms with Crippen LogP contribution in [0.2, 0.25) is 0 Å². The zero-order valence-corrected chi connectivity index (χ0v) is 11.7. The standard InChI is InChI=1S/C14H14N2O.C2H6/c1-2-11-6-8-12(9-7-11)14(17)16-13-5-3-4-10-15-13;1-2/h3-10H,2H2,1H3,(H,15,16,17);1-2H3. The molecule has 0 aliphatic carbocycles. The molecule has 2 aromatic rings. The van der Waals surface area contributed by atoms with Gasteiger partial charge >= 0.3 is 0 Å². The van der Waals surface area contributed by atoms with Crippen LogP contribution in [0.5, 0.6) is 0 Å². The van der Waals surface area contributed by atoms with Crippen LogP contribution in [-0.4, -0.2) is 10.9 Å². The minimum Gasteiger partial charge on any atom is -0.307 e. The number of aryl methyl sites for hydroxylation is 1. The number of hydrogen-bond donors (Lipinski definition) is 1. The Kier molecular flexibility index (Phi) is 6.30. The number of aromatic nitrogens is 1.